The number of fused-ring (bicyclic) bond motifs is 3. The quantitative estimate of drug-likeness (QED) is 0.769. The van der Waals surface area contributed by atoms with Crippen molar-refractivity contribution in [1.29, 1.82) is 0 Å². The Hall–Kier alpha value is -2.18. The van der Waals surface area contributed by atoms with Crippen LogP contribution in [0.15, 0.2) is 24.3 Å². The molecule has 3 atom stereocenters. The minimum atomic E-state index is -0.932. The average Bonchev–Trinajstić information content (AvgIpc) is 3.40. The lowest BCUT2D eigenvalue weighted by Gasteiger charge is -2.26. The zero-order valence-electron chi connectivity index (χ0n) is 19.3. The first-order chi connectivity index (χ1) is 14.6. The Bertz CT molecular complexity index is 1030. The van der Waals surface area contributed by atoms with Crippen LogP contribution in [0.4, 0.5) is 11.6 Å². The van der Waals surface area contributed by atoms with Crippen LogP contribution in [0.2, 0.25) is 0 Å². The molecule has 6 heteroatoms. The number of hydrogen-bond donors (Lipinski definition) is 2. The molecule has 2 heterocycles. The molecule has 1 fully saturated rings. The Morgan fingerprint density at radius 3 is 2.32 bits per heavy atom. The lowest BCUT2D eigenvalue weighted by molar-refractivity contribution is 0.0237. The number of anilines is 2. The van der Waals surface area contributed by atoms with Crippen LogP contribution in [-0.2, 0) is 16.6 Å². The van der Waals surface area contributed by atoms with Gasteiger partial charge in [0.25, 0.3) is 0 Å². The number of rotatable bonds is 5. The number of aliphatic hydroxyl groups is 2. The van der Waals surface area contributed by atoms with E-state index in [9.17, 15) is 10.2 Å². The Morgan fingerprint density at radius 1 is 1.00 bits per heavy atom. The fourth-order valence-electron chi connectivity index (χ4n) is 5.82. The molecule has 1 spiro atoms. The van der Waals surface area contributed by atoms with Crippen molar-refractivity contribution in [2.75, 3.05) is 37.5 Å². The predicted molar refractivity (Wildman–Crippen MR) is 123 cm³/mol. The smallest absolute Gasteiger partial charge is 0.128 e. The number of aromatic nitrogens is 2. The van der Waals surface area contributed by atoms with E-state index < -0.39 is 11.2 Å². The van der Waals surface area contributed by atoms with Crippen LogP contribution >= 0.6 is 0 Å². The van der Waals surface area contributed by atoms with Crippen molar-refractivity contribution >= 4 is 11.6 Å². The number of nitrogens with zero attached hydrogens (tertiary/aromatic N) is 4. The first-order valence-electron chi connectivity index (χ1n) is 11.5. The second-order valence-electron chi connectivity index (χ2n) is 10.5. The van der Waals surface area contributed by atoms with Crippen molar-refractivity contribution in [2.45, 2.75) is 68.5 Å². The van der Waals surface area contributed by atoms with Gasteiger partial charge in [-0.3, -0.25) is 0 Å². The Labute approximate surface area is 184 Å². The fraction of sp³-hybridized carbons (Fsp3) is 0.600. The lowest BCUT2D eigenvalue weighted by atomic mass is 9.94. The van der Waals surface area contributed by atoms with Crippen molar-refractivity contribution in [1.82, 2.24) is 9.97 Å². The van der Waals surface area contributed by atoms with E-state index in [1.807, 2.05) is 32.0 Å². The van der Waals surface area contributed by atoms with Crippen LogP contribution < -0.4 is 9.80 Å². The largest absolute Gasteiger partial charge is 0.384 e. The molecule has 3 aliphatic rings. The van der Waals surface area contributed by atoms with Gasteiger partial charge in [-0.15, -0.1) is 0 Å². The first kappa shape index (κ1) is 20.7. The molecule has 31 heavy (non-hydrogen) atoms. The van der Waals surface area contributed by atoms with Gasteiger partial charge in [-0.05, 0) is 62.3 Å². The summed E-state index contributed by atoms with van der Waals surface area (Å²) in [4.78, 5) is 13.8. The lowest BCUT2D eigenvalue weighted by Crippen LogP contribution is -2.27. The number of likely N-dealkylation sites (N-methyl/N-ethyl adjacent to an activating group) is 1. The molecule has 0 aliphatic heterocycles. The molecule has 2 N–H and O–H groups in total. The Balaban J connectivity index is 1.42. The normalized spacial score (nSPS) is 29.7. The molecular weight excluding hydrogens is 388 g/mol. The van der Waals surface area contributed by atoms with Crippen LogP contribution in [0.1, 0.15) is 74.4 Å². The van der Waals surface area contributed by atoms with Gasteiger partial charge in [0.15, 0.2) is 0 Å². The molecule has 5 rings (SSSR count). The molecular formula is C25H34N4O2. The van der Waals surface area contributed by atoms with E-state index in [4.69, 9.17) is 9.97 Å². The highest BCUT2D eigenvalue weighted by molar-refractivity contribution is 5.52. The summed E-state index contributed by atoms with van der Waals surface area (Å²) in [6.45, 7) is 4.66. The maximum absolute atomic E-state index is 11.3. The summed E-state index contributed by atoms with van der Waals surface area (Å²) in [5.74, 6) is 1.92. The third-order valence-electron chi connectivity index (χ3n) is 7.81. The second-order valence-corrected chi connectivity index (χ2v) is 10.5. The monoisotopic (exact) mass is 422 g/mol. The molecule has 0 bridgehead atoms. The van der Waals surface area contributed by atoms with Crippen molar-refractivity contribution in [3.05, 3.63) is 46.8 Å². The zero-order valence-corrected chi connectivity index (χ0v) is 19.3. The summed E-state index contributed by atoms with van der Waals surface area (Å²) >= 11 is 0. The van der Waals surface area contributed by atoms with E-state index in [0.717, 1.165) is 54.4 Å². The minimum Gasteiger partial charge on any atom is -0.384 e. The van der Waals surface area contributed by atoms with Crippen molar-refractivity contribution in [2.24, 2.45) is 0 Å². The standard InChI is InChI=1S/C25H34N4O2/c1-6-25(31)15-24(11-12-24)18-8-10-20(27-22(18)25)29(5)14-16-13-23(2,30)21-17(16)7-9-19(26-21)28(3)4/h7-10,16,30-31H,6,11-15H2,1-5H3. The van der Waals surface area contributed by atoms with Crippen LogP contribution in [0.3, 0.4) is 0 Å². The van der Waals surface area contributed by atoms with E-state index in [1.54, 1.807) is 0 Å². The third kappa shape index (κ3) is 3.14. The van der Waals surface area contributed by atoms with E-state index in [1.165, 1.54) is 5.56 Å². The van der Waals surface area contributed by atoms with Gasteiger partial charge in [0.1, 0.15) is 22.8 Å². The Kier molecular flexibility index (Phi) is 4.45. The maximum Gasteiger partial charge on any atom is 0.128 e. The molecule has 6 nitrogen and oxygen atoms in total. The molecule has 1 saturated carbocycles. The summed E-state index contributed by atoms with van der Waals surface area (Å²) < 4.78 is 0. The van der Waals surface area contributed by atoms with Crippen molar-refractivity contribution in [3.8, 4) is 0 Å². The molecule has 2 aromatic heterocycles. The van der Waals surface area contributed by atoms with Gasteiger partial charge in [0.05, 0.1) is 11.4 Å². The minimum absolute atomic E-state index is 0.170. The third-order valence-corrected chi connectivity index (χ3v) is 7.81. The summed E-state index contributed by atoms with van der Waals surface area (Å²) in [6, 6.07) is 8.43. The van der Waals surface area contributed by atoms with Crippen LogP contribution in [0, 0.1) is 0 Å². The number of hydrogen-bond acceptors (Lipinski definition) is 6. The zero-order chi connectivity index (χ0) is 22.2. The Morgan fingerprint density at radius 2 is 1.68 bits per heavy atom. The summed E-state index contributed by atoms with van der Waals surface area (Å²) in [7, 11) is 5.98. The SMILES string of the molecule is CCC1(O)CC2(CC2)c2ccc(N(C)CC3CC(C)(O)c4nc(N(C)C)ccc43)nc21. The fourth-order valence-corrected chi connectivity index (χ4v) is 5.82. The van der Waals surface area contributed by atoms with Gasteiger partial charge in [0, 0.05) is 39.0 Å². The van der Waals surface area contributed by atoms with Gasteiger partial charge in [-0.1, -0.05) is 19.1 Å². The molecule has 3 aliphatic carbocycles. The molecule has 166 valence electrons. The van der Waals surface area contributed by atoms with E-state index >= 15 is 0 Å². The second kappa shape index (κ2) is 6.66. The van der Waals surface area contributed by atoms with Gasteiger partial charge < -0.3 is 20.0 Å². The molecule has 0 radical (unpaired) electrons. The predicted octanol–water partition coefficient (Wildman–Crippen LogP) is 3.41. The molecule has 2 aromatic rings. The summed E-state index contributed by atoms with van der Waals surface area (Å²) in [6.07, 6.45) is 4.47. The molecule has 0 aromatic carbocycles. The average molecular weight is 423 g/mol. The summed E-state index contributed by atoms with van der Waals surface area (Å²) in [5.41, 5.74) is 2.47. The highest BCUT2D eigenvalue weighted by atomic mass is 16.3. The van der Waals surface area contributed by atoms with E-state index in [2.05, 4.69) is 37.1 Å². The maximum atomic E-state index is 11.3. The van der Waals surface area contributed by atoms with Crippen LogP contribution in [0.5, 0.6) is 0 Å². The van der Waals surface area contributed by atoms with Gasteiger partial charge in [-0.25, -0.2) is 9.97 Å². The van der Waals surface area contributed by atoms with Gasteiger partial charge in [-0.2, -0.15) is 0 Å². The topological polar surface area (TPSA) is 72.7 Å². The van der Waals surface area contributed by atoms with Crippen molar-refractivity contribution in [3.63, 3.8) is 0 Å². The first-order valence-corrected chi connectivity index (χ1v) is 11.5. The highest BCUT2D eigenvalue weighted by Crippen LogP contribution is 2.62. The van der Waals surface area contributed by atoms with Gasteiger partial charge >= 0.3 is 0 Å². The highest BCUT2D eigenvalue weighted by Gasteiger charge is 2.58. The molecule has 0 saturated heterocycles. The van der Waals surface area contributed by atoms with Gasteiger partial charge in [0.2, 0.25) is 0 Å². The van der Waals surface area contributed by atoms with Crippen molar-refractivity contribution < 1.29 is 10.2 Å². The van der Waals surface area contributed by atoms with Crippen LogP contribution in [0.25, 0.3) is 0 Å². The van der Waals surface area contributed by atoms with E-state index in [0.29, 0.717) is 12.8 Å². The molecule has 3 unspecified atom stereocenters. The number of pyridine rings is 2. The van der Waals surface area contributed by atoms with E-state index in [-0.39, 0.29) is 11.3 Å². The van der Waals surface area contributed by atoms with Crippen LogP contribution in [-0.4, -0.2) is 47.9 Å². The summed E-state index contributed by atoms with van der Waals surface area (Å²) in [5, 5.41) is 22.3. The molecule has 0 amide bonds.